The largest absolute Gasteiger partial charge is 0.481 e. The molecule has 2 heterocycles. The lowest BCUT2D eigenvalue weighted by Gasteiger charge is -2.10. The number of nitrogen functional groups attached to an aromatic ring is 2. The molecule has 8 heteroatoms. The molecule has 2 aromatic heterocycles. The summed E-state index contributed by atoms with van der Waals surface area (Å²) >= 11 is 0. The molecule has 2 rings (SSSR count). The summed E-state index contributed by atoms with van der Waals surface area (Å²) in [6.45, 7) is 0. The van der Waals surface area contributed by atoms with Crippen molar-refractivity contribution in [2.45, 2.75) is 0 Å². The molecule has 0 spiro atoms. The Morgan fingerprint density at radius 2 is 1.94 bits per heavy atom. The number of aromatic nitrogens is 3. The summed E-state index contributed by atoms with van der Waals surface area (Å²) < 4.78 is 10.5. The summed E-state index contributed by atoms with van der Waals surface area (Å²) in [5, 5.41) is 0. The molecule has 18 heavy (non-hydrogen) atoms. The Bertz CT molecular complexity index is 578. The maximum absolute atomic E-state index is 5.72. The molecular formula is C10H10BN5O2. The van der Waals surface area contributed by atoms with Gasteiger partial charge in [-0.15, -0.1) is 0 Å². The van der Waals surface area contributed by atoms with E-state index in [0.29, 0.717) is 17.1 Å². The van der Waals surface area contributed by atoms with E-state index in [2.05, 4.69) is 15.0 Å². The topological polar surface area (TPSA) is 109 Å². The maximum atomic E-state index is 5.72. The number of ether oxygens (including phenoxy) is 2. The molecule has 0 amide bonds. The molecular weight excluding hydrogens is 233 g/mol. The summed E-state index contributed by atoms with van der Waals surface area (Å²) in [5.74, 6) is 1.16. The summed E-state index contributed by atoms with van der Waals surface area (Å²) in [7, 11) is 7.21. The van der Waals surface area contributed by atoms with Crippen molar-refractivity contribution in [1.29, 1.82) is 0 Å². The van der Waals surface area contributed by atoms with Crippen LogP contribution >= 0.6 is 0 Å². The van der Waals surface area contributed by atoms with Gasteiger partial charge in [0, 0.05) is 12.3 Å². The second-order valence-electron chi connectivity index (χ2n) is 3.34. The molecule has 0 atom stereocenters. The molecule has 7 nitrogen and oxygen atoms in total. The van der Waals surface area contributed by atoms with E-state index in [-0.39, 0.29) is 17.5 Å². The highest BCUT2D eigenvalue weighted by Crippen LogP contribution is 2.25. The molecule has 0 aliphatic heterocycles. The third-order valence-corrected chi connectivity index (χ3v) is 2.10. The van der Waals surface area contributed by atoms with Crippen LogP contribution < -0.4 is 26.4 Å². The number of pyridine rings is 1. The van der Waals surface area contributed by atoms with Crippen LogP contribution in [-0.4, -0.2) is 29.9 Å². The van der Waals surface area contributed by atoms with Crippen molar-refractivity contribution in [3.05, 3.63) is 18.5 Å². The van der Waals surface area contributed by atoms with Gasteiger partial charge in [-0.1, -0.05) is 0 Å². The standard InChI is InChI=1S/C10H10BN5O2/c1-17-8-2-6(5(11)3-14-8)18-7-4-15-10(13)16-9(7)12/h2-4H,1H3,(H4,12,13,15,16). The molecule has 2 radical (unpaired) electrons. The number of hydrogen-bond acceptors (Lipinski definition) is 7. The van der Waals surface area contributed by atoms with Crippen LogP contribution in [0.25, 0.3) is 0 Å². The van der Waals surface area contributed by atoms with Gasteiger partial charge < -0.3 is 20.9 Å². The number of nitrogens with two attached hydrogens (primary N) is 2. The first-order chi connectivity index (χ1) is 8.60. The quantitative estimate of drug-likeness (QED) is 0.707. The number of rotatable bonds is 3. The normalized spacial score (nSPS) is 10.1. The van der Waals surface area contributed by atoms with Gasteiger partial charge in [-0.25, -0.2) is 9.97 Å². The van der Waals surface area contributed by atoms with Gasteiger partial charge in [0.25, 0.3) is 0 Å². The van der Waals surface area contributed by atoms with Crippen LogP contribution in [0.5, 0.6) is 17.4 Å². The first-order valence-corrected chi connectivity index (χ1v) is 4.95. The lowest BCUT2D eigenvalue weighted by molar-refractivity contribution is 0.393. The zero-order valence-electron chi connectivity index (χ0n) is 9.62. The van der Waals surface area contributed by atoms with E-state index < -0.39 is 0 Å². The molecule has 2 aromatic rings. The Morgan fingerprint density at radius 1 is 1.17 bits per heavy atom. The summed E-state index contributed by atoms with van der Waals surface area (Å²) in [4.78, 5) is 11.5. The predicted molar refractivity (Wildman–Crippen MR) is 67.1 cm³/mol. The van der Waals surface area contributed by atoms with Crippen LogP contribution in [0.1, 0.15) is 0 Å². The number of hydrogen-bond donors (Lipinski definition) is 2. The Hall–Kier alpha value is -2.51. The molecule has 0 aromatic carbocycles. The lowest BCUT2D eigenvalue weighted by Crippen LogP contribution is -2.09. The minimum absolute atomic E-state index is 0.0696. The van der Waals surface area contributed by atoms with Gasteiger partial charge in [-0.05, 0) is 5.46 Å². The van der Waals surface area contributed by atoms with Crippen LogP contribution in [0.2, 0.25) is 0 Å². The SMILES string of the molecule is [B]c1cnc(OC)cc1Oc1cnc(N)nc1N. The van der Waals surface area contributed by atoms with Gasteiger partial charge in [0.2, 0.25) is 11.8 Å². The van der Waals surface area contributed by atoms with Crippen molar-refractivity contribution in [1.82, 2.24) is 15.0 Å². The Morgan fingerprint density at radius 3 is 2.61 bits per heavy atom. The van der Waals surface area contributed by atoms with E-state index in [1.807, 2.05) is 0 Å². The van der Waals surface area contributed by atoms with Crippen molar-refractivity contribution < 1.29 is 9.47 Å². The number of methoxy groups -OCH3 is 1. The van der Waals surface area contributed by atoms with Crippen LogP contribution in [0.3, 0.4) is 0 Å². The smallest absolute Gasteiger partial charge is 0.222 e. The molecule has 90 valence electrons. The second kappa shape index (κ2) is 4.78. The van der Waals surface area contributed by atoms with Crippen molar-refractivity contribution >= 4 is 25.1 Å². The molecule has 0 aliphatic carbocycles. The fraction of sp³-hybridized carbons (Fsp3) is 0.100. The first-order valence-electron chi connectivity index (χ1n) is 4.95. The third-order valence-electron chi connectivity index (χ3n) is 2.10. The monoisotopic (exact) mass is 243 g/mol. The molecule has 4 N–H and O–H groups in total. The van der Waals surface area contributed by atoms with Crippen LogP contribution in [-0.2, 0) is 0 Å². The Kier molecular flexibility index (Phi) is 3.18. The number of nitrogens with zero attached hydrogens (tertiary/aromatic N) is 3. The highest BCUT2D eigenvalue weighted by atomic mass is 16.5. The molecule has 0 saturated heterocycles. The lowest BCUT2D eigenvalue weighted by atomic mass is 9.98. The highest BCUT2D eigenvalue weighted by molar-refractivity contribution is 6.34. The molecule has 0 fully saturated rings. The van der Waals surface area contributed by atoms with Crippen molar-refractivity contribution in [3.8, 4) is 17.4 Å². The minimum Gasteiger partial charge on any atom is -0.481 e. The fourth-order valence-corrected chi connectivity index (χ4v) is 1.22. The Balaban J connectivity index is 2.33. The predicted octanol–water partition coefficient (Wildman–Crippen LogP) is -0.369. The van der Waals surface area contributed by atoms with E-state index in [4.69, 9.17) is 28.8 Å². The summed E-state index contributed by atoms with van der Waals surface area (Å²) in [5.41, 5.74) is 11.4. The van der Waals surface area contributed by atoms with E-state index in [9.17, 15) is 0 Å². The average molecular weight is 243 g/mol. The van der Waals surface area contributed by atoms with Gasteiger partial charge in [-0.2, -0.15) is 4.98 Å². The first kappa shape index (κ1) is 12.0. The third kappa shape index (κ3) is 2.42. The fourth-order valence-electron chi connectivity index (χ4n) is 1.22. The molecule has 0 saturated carbocycles. The molecule has 0 unspecified atom stereocenters. The van der Waals surface area contributed by atoms with Crippen molar-refractivity contribution in [3.63, 3.8) is 0 Å². The van der Waals surface area contributed by atoms with Crippen LogP contribution in [0, 0.1) is 0 Å². The maximum Gasteiger partial charge on any atom is 0.222 e. The summed E-state index contributed by atoms with van der Waals surface area (Å²) in [6.07, 6.45) is 2.78. The zero-order valence-corrected chi connectivity index (χ0v) is 9.62. The van der Waals surface area contributed by atoms with Gasteiger partial charge in [0.15, 0.2) is 11.6 Å². The van der Waals surface area contributed by atoms with E-state index in [1.54, 1.807) is 0 Å². The Labute approximate surface area is 105 Å². The minimum atomic E-state index is 0.0696. The zero-order chi connectivity index (χ0) is 13.1. The van der Waals surface area contributed by atoms with Gasteiger partial charge in [-0.3, -0.25) is 0 Å². The van der Waals surface area contributed by atoms with Crippen molar-refractivity contribution in [2.24, 2.45) is 0 Å². The van der Waals surface area contributed by atoms with E-state index in [0.717, 1.165) is 0 Å². The highest BCUT2D eigenvalue weighted by Gasteiger charge is 2.08. The van der Waals surface area contributed by atoms with Gasteiger partial charge in [0.1, 0.15) is 13.6 Å². The van der Waals surface area contributed by atoms with Crippen LogP contribution in [0.15, 0.2) is 18.5 Å². The van der Waals surface area contributed by atoms with Crippen LogP contribution in [0.4, 0.5) is 11.8 Å². The molecule has 0 aliphatic rings. The van der Waals surface area contributed by atoms with E-state index >= 15 is 0 Å². The van der Waals surface area contributed by atoms with Gasteiger partial charge in [0.05, 0.1) is 13.3 Å². The van der Waals surface area contributed by atoms with Crippen molar-refractivity contribution in [2.75, 3.05) is 18.6 Å². The second-order valence-corrected chi connectivity index (χ2v) is 3.34. The summed E-state index contributed by atoms with van der Waals surface area (Å²) in [6, 6.07) is 1.53. The van der Waals surface area contributed by atoms with Gasteiger partial charge >= 0.3 is 0 Å². The molecule has 0 bridgehead atoms. The average Bonchev–Trinajstić information content (AvgIpc) is 2.35. The van der Waals surface area contributed by atoms with E-state index in [1.165, 1.54) is 25.6 Å². The number of anilines is 2.